The van der Waals surface area contributed by atoms with Gasteiger partial charge in [-0.05, 0) is 50.5 Å². The summed E-state index contributed by atoms with van der Waals surface area (Å²) < 4.78 is 10.5. The SMILES string of the molecule is C[C@H](NC(=O)CN1CCOCC1)C(=O)NCC(=O)N[C@@H](Cc1ccccc1)C(=O)[C@@]1(C)CO1.Cc1ccncc1.[HH].[HH].[HH]. The lowest BCUT2D eigenvalue weighted by atomic mass is 9.95. The number of hydrogen-bond donors (Lipinski definition) is 3. The normalized spacial score (nSPS) is 19.7. The molecule has 4 rings (SSSR count). The Morgan fingerprint density at radius 1 is 1.02 bits per heavy atom. The molecule has 1 aromatic heterocycles. The lowest BCUT2D eigenvalue weighted by Gasteiger charge is -2.26. The van der Waals surface area contributed by atoms with Crippen molar-refractivity contribution < 1.29 is 32.9 Å². The quantitative estimate of drug-likeness (QED) is 0.348. The highest BCUT2D eigenvalue weighted by Gasteiger charge is 2.50. The molecule has 222 valence electrons. The molecule has 2 aliphatic rings. The predicted octanol–water partition coefficient (Wildman–Crippen LogP) is 1.15. The van der Waals surface area contributed by atoms with E-state index in [1.54, 1.807) is 26.2 Å². The summed E-state index contributed by atoms with van der Waals surface area (Å²) in [6.45, 7) is 7.99. The average Bonchev–Trinajstić information content (AvgIpc) is 3.71. The molecule has 2 saturated heterocycles. The Balaban J connectivity index is 0.00000155. The number of epoxide rings is 1. The van der Waals surface area contributed by atoms with Crippen LogP contribution in [0.2, 0.25) is 0 Å². The second kappa shape index (κ2) is 15.2. The number of morpholine rings is 1. The summed E-state index contributed by atoms with van der Waals surface area (Å²) in [5, 5.41) is 7.86. The van der Waals surface area contributed by atoms with Crippen molar-refractivity contribution in [2.45, 2.75) is 44.9 Å². The number of amides is 3. The van der Waals surface area contributed by atoms with Crippen LogP contribution in [0.4, 0.5) is 0 Å². The van der Waals surface area contributed by atoms with Crippen molar-refractivity contribution in [3.05, 3.63) is 66.0 Å². The third-order valence-electron chi connectivity index (χ3n) is 6.54. The molecule has 3 amide bonds. The highest BCUT2D eigenvalue weighted by molar-refractivity contribution is 5.97. The fourth-order valence-electron chi connectivity index (χ4n) is 3.99. The van der Waals surface area contributed by atoms with E-state index in [4.69, 9.17) is 9.47 Å². The number of carbonyl (C=O) groups excluding carboxylic acids is 4. The van der Waals surface area contributed by atoms with Gasteiger partial charge in [-0.3, -0.25) is 29.1 Å². The van der Waals surface area contributed by atoms with Gasteiger partial charge in [0.1, 0.15) is 11.6 Å². The van der Waals surface area contributed by atoms with Gasteiger partial charge in [0, 0.05) is 29.8 Å². The molecule has 1 aromatic carbocycles. The molecule has 2 fully saturated rings. The number of aromatic nitrogens is 1. The zero-order chi connectivity index (χ0) is 29.0. The number of ketones is 1. The highest BCUT2D eigenvalue weighted by atomic mass is 16.6. The molecule has 2 aromatic rings. The molecule has 3 heterocycles. The molecule has 3 atom stereocenters. The van der Waals surface area contributed by atoms with Crippen molar-refractivity contribution in [3.63, 3.8) is 0 Å². The first-order chi connectivity index (χ1) is 19.2. The maximum Gasteiger partial charge on any atom is 0.242 e. The van der Waals surface area contributed by atoms with Crippen LogP contribution in [0.25, 0.3) is 0 Å². The van der Waals surface area contributed by atoms with Crippen LogP contribution in [0, 0.1) is 6.92 Å². The van der Waals surface area contributed by atoms with E-state index in [-0.39, 0.29) is 29.1 Å². The van der Waals surface area contributed by atoms with Crippen LogP contribution in [-0.4, -0.2) is 97.1 Å². The summed E-state index contributed by atoms with van der Waals surface area (Å²) in [4.78, 5) is 55.6. The van der Waals surface area contributed by atoms with Gasteiger partial charge in [-0.2, -0.15) is 0 Å². The number of carbonyl (C=O) groups is 4. The summed E-state index contributed by atoms with van der Waals surface area (Å²) in [6, 6.07) is 11.7. The summed E-state index contributed by atoms with van der Waals surface area (Å²) in [5.41, 5.74) is 1.28. The van der Waals surface area contributed by atoms with E-state index in [1.807, 2.05) is 54.3 Å². The van der Waals surface area contributed by atoms with Gasteiger partial charge in [0.2, 0.25) is 17.7 Å². The number of hydrogen-bond acceptors (Lipinski definition) is 8. The van der Waals surface area contributed by atoms with Crippen molar-refractivity contribution >= 4 is 23.5 Å². The first kappa shape index (κ1) is 30.9. The van der Waals surface area contributed by atoms with Crippen LogP contribution in [0.15, 0.2) is 54.9 Å². The van der Waals surface area contributed by atoms with E-state index in [0.717, 1.165) is 5.56 Å². The van der Waals surface area contributed by atoms with E-state index < -0.39 is 29.5 Å². The van der Waals surface area contributed by atoms with Gasteiger partial charge in [0.25, 0.3) is 0 Å². The molecule has 0 radical (unpaired) electrons. The smallest absolute Gasteiger partial charge is 0.242 e. The van der Waals surface area contributed by atoms with Crippen LogP contribution in [0.3, 0.4) is 0 Å². The summed E-state index contributed by atoms with van der Waals surface area (Å²) in [5.74, 6) is -1.44. The molecule has 0 aliphatic carbocycles. The first-order valence-electron chi connectivity index (χ1n) is 13.4. The molecular weight excluding hydrogens is 514 g/mol. The number of ether oxygens (including phenoxy) is 2. The average molecular weight is 560 g/mol. The molecule has 3 N–H and O–H groups in total. The number of benzene rings is 1. The van der Waals surface area contributed by atoms with Crippen molar-refractivity contribution in [2.75, 3.05) is 46.0 Å². The summed E-state index contributed by atoms with van der Waals surface area (Å²) >= 11 is 0. The lowest BCUT2D eigenvalue weighted by Crippen LogP contribution is -2.53. The van der Waals surface area contributed by atoms with Crippen LogP contribution in [-0.2, 0) is 35.1 Å². The molecule has 11 nitrogen and oxygen atoms in total. The maximum atomic E-state index is 12.8. The van der Waals surface area contributed by atoms with Crippen LogP contribution in [0.5, 0.6) is 0 Å². The first-order valence-corrected chi connectivity index (χ1v) is 13.4. The van der Waals surface area contributed by atoms with E-state index in [9.17, 15) is 19.2 Å². The lowest BCUT2D eigenvalue weighted by molar-refractivity contribution is -0.132. The monoisotopic (exact) mass is 559 g/mol. The number of nitrogens with one attached hydrogen (secondary N) is 3. The summed E-state index contributed by atoms with van der Waals surface area (Å²) in [6.07, 6.45) is 3.90. The van der Waals surface area contributed by atoms with Crippen LogP contribution < -0.4 is 16.0 Å². The third kappa shape index (κ3) is 10.5. The fourth-order valence-corrected chi connectivity index (χ4v) is 3.99. The Bertz CT molecular complexity index is 1140. The number of nitrogens with zero attached hydrogens (tertiary/aromatic N) is 2. The standard InChI is InChI=1S/C23H32N4O6.C6H7N.3H2/c1-16(25-20(29)14-27-8-10-32-11-9-27)22(31)24-13-19(28)26-18(21(30)23(2)15-33-23)12-17-6-4-3-5-7-17;1-6-2-4-7-5-3-6;;;/h3-7,16,18H,8-15H2,1-2H3,(H,24,31)(H,25,29)(H,26,28);2-5H,1H3;3*1H/t16-,18-,23+;;;;/m0..../s1. The molecule has 40 heavy (non-hydrogen) atoms. The van der Waals surface area contributed by atoms with Crippen LogP contribution >= 0.6 is 0 Å². The van der Waals surface area contributed by atoms with E-state index in [2.05, 4.69) is 20.9 Å². The Morgan fingerprint density at radius 2 is 1.68 bits per heavy atom. The number of rotatable bonds is 11. The van der Waals surface area contributed by atoms with Crippen molar-refractivity contribution in [3.8, 4) is 0 Å². The van der Waals surface area contributed by atoms with Gasteiger partial charge < -0.3 is 25.4 Å². The Labute approximate surface area is 239 Å². The number of pyridine rings is 1. The Hall–Kier alpha value is -3.67. The Kier molecular flexibility index (Phi) is 11.7. The minimum Gasteiger partial charge on any atom is -0.379 e. The van der Waals surface area contributed by atoms with Gasteiger partial charge in [-0.1, -0.05) is 30.3 Å². The summed E-state index contributed by atoms with van der Waals surface area (Å²) in [7, 11) is 0. The largest absolute Gasteiger partial charge is 0.379 e. The van der Waals surface area contributed by atoms with Gasteiger partial charge in [0.05, 0.1) is 39.0 Å². The molecule has 0 unspecified atom stereocenters. The minimum absolute atomic E-state index is 0. The van der Waals surface area contributed by atoms with Crippen molar-refractivity contribution in [1.82, 2.24) is 25.8 Å². The highest BCUT2D eigenvalue weighted by Crippen LogP contribution is 2.29. The molecule has 0 saturated carbocycles. The van der Waals surface area contributed by atoms with Crippen molar-refractivity contribution in [1.29, 1.82) is 0 Å². The zero-order valence-corrected chi connectivity index (χ0v) is 23.4. The van der Waals surface area contributed by atoms with Crippen molar-refractivity contribution in [2.24, 2.45) is 0 Å². The topological polar surface area (TPSA) is 142 Å². The maximum absolute atomic E-state index is 12.8. The molecular formula is C29H45N5O6. The predicted molar refractivity (Wildman–Crippen MR) is 155 cm³/mol. The van der Waals surface area contributed by atoms with Gasteiger partial charge >= 0.3 is 0 Å². The van der Waals surface area contributed by atoms with E-state index >= 15 is 0 Å². The second-order valence-corrected chi connectivity index (χ2v) is 10.1. The molecule has 2 aliphatic heterocycles. The van der Waals surface area contributed by atoms with E-state index in [1.165, 1.54) is 5.56 Å². The molecule has 0 spiro atoms. The van der Waals surface area contributed by atoms with Gasteiger partial charge in [-0.25, -0.2) is 0 Å². The number of Topliss-reactive ketones (excluding diaryl/α,β-unsaturated/α-hetero) is 1. The Morgan fingerprint density at radius 3 is 2.25 bits per heavy atom. The minimum atomic E-state index is -0.880. The van der Waals surface area contributed by atoms with Crippen LogP contribution in [0.1, 0.15) is 29.3 Å². The fraction of sp³-hybridized carbons (Fsp3) is 0.483. The third-order valence-corrected chi connectivity index (χ3v) is 6.54. The van der Waals surface area contributed by atoms with Gasteiger partial charge in [-0.15, -0.1) is 0 Å². The zero-order valence-electron chi connectivity index (χ0n) is 23.4. The van der Waals surface area contributed by atoms with E-state index in [0.29, 0.717) is 39.3 Å². The molecule has 11 heteroatoms. The number of aryl methyl sites for hydroxylation is 1. The molecule has 0 bridgehead atoms. The second-order valence-electron chi connectivity index (χ2n) is 10.1. The van der Waals surface area contributed by atoms with Gasteiger partial charge in [0.15, 0.2) is 5.78 Å².